The van der Waals surface area contributed by atoms with Crippen LogP contribution in [0.2, 0.25) is 0 Å². The van der Waals surface area contributed by atoms with Crippen molar-refractivity contribution in [1.82, 2.24) is 15.5 Å². The molecule has 0 saturated heterocycles. The molecule has 1 aliphatic rings. The fraction of sp³-hybridized carbons (Fsp3) is 0.650. The number of halogens is 1. The van der Waals surface area contributed by atoms with E-state index >= 15 is 0 Å². The zero-order valence-corrected chi connectivity index (χ0v) is 19.0. The van der Waals surface area contributed by atoms with Gasteiger partial charge in [0.25, 0.3) is 0 Å². The molecule has 1 aromatic rings. The van der Waals surface area contributed by atoms with Gasteiger partial charge in [-0.1, -0.05) is 31.4 Å². The normalized spacial score (nSPS) is 16.7. The van der Waals surface area contributed by atoms with Crippen molar-refractivity contribution in [2.24, 2.45) is 10.9 Å². The van der Waals surface area contributed by atoms with E-state index in [1.165, 1.54) is 37.7 Å². The maximum Gasteiger partial charge on any atom is 0.191 e. The lowest BCUT2D eigenvalue weighted by Gasteiger charge is -2.35. The predicted octanol–water partition coefficient (Wildman–Crippen LogP) is 3.49. The van der Waals surface area contributed by atoms with Gasteiger partial charge < -0.3 is 20.3 Å². The summed E-state index contributed by atoms with van der Waals surface area (Å²) >= 11 is 0. The minimum atomic E-state index is 0. The molecule has 1 unspecified atom stereocenters. The first kappa shape index (κ1) is 23.0. The second-order valence-corrected chi connectivity index (χ2v) is 7.09. The van der Waals surface area contributed by atoms with E-state index in [2.05, 4.69) is 40.7 Å². The van der Waals surface area contributed by atoms with Gasteiger partial charge in [-0.25, -0.2) is 0 Å². The molecular weight excluding hydrogens is 439 g/mol. The molecule has 1 fully saturated rings. The molecule has 0 aliphatic heterocycles. The third-order valence-electron chi connectivity index (χ3n) is 5.15. The van der Waals surface area contributed by atoms with Crippen LogP contribution in [-0.2, 0) is 6.54 Å². The van der Waals surface area contributed by atoms with Gasteiger partial charge in [-0.15, -0.1) is 24.0 Å². The molecule has 5 nitrogen and oxygen atoms in total. The number of methoxy groups -OCH3 is 1. The highest BCUT2D eigenvalue weighted by Crippen LogP contribution is 2.28. The molecule has 1 saturated carbocycles. The van der Waals surface area contributed by atoms with Gasteiger partial charge in [-0.3, -0.25) is 4.99 Å². The summed E-state index contributed by atoms with van der Waals surface area (Å²) in [5.41, 5.74) is 1.18. The first-order valence-electron chi connectivity index (χ1n) is 9.38. The van der Waals surface area contributed by atoms with Gasteiger partial charge in [0, 0.05) is 26.2 Å². The Hall–Kier alpha value is -1.02. The smallest absolute Gasteiger partial charge is 0.191 e. The van der Waals surface area contributed by atoms with E-state index in [9.17, 15) is 0 Å². The molecule has 0 bridgehead atoms. The third kappa shape index (κ3) is 7.31. The molecule has 0 spiro atoms. The van der Waals surface area contributed by atoms with Crippen LogP contribution in [0.5, 0.6) is 5.75 Å². The fourth-order valence-corrected chi connectivity index (χ4v) is 3.68. The van der Waals surface area contributed by atoms with Crippen molar-refractivity contribution in [3.8, 4) is 5.75 Å². The zero-order chi connectivity index (χ0) is 18.1. The van der Waals surface area contributed by atoms with Crippen molar-refractivity contribution >= 4 is 29.9 Å². The number of likely N-dealkylation sites (N-methyl/N-ethyl adjacent to an activating group) is 1. The molecule has 6 heteroatoms. The monoisotopic (exact) mass is 474 g/mol. The summed E-state index contributed by atoms with van der Waals surface area (Å²) in [6, 6.07) is 8.66. The van der Waals surface area contributed by atoms with Crippen LogP contribution in [0.25, 0.3) is 0 Å². The van der Waals surface area contributed by atoms with Crippen molar-refractivity contribution in [2.75, 3.05) is 34.8 Å². The third-order valence-corrected chi connectivity index (χ3v) is 5.15. The molecule has 2 N–H and O–H groups in total. The predicted molar refractivity (Wildman–Crippen MR) is 121 cm³/mol. The Bertz CT molecular complexity index is 544. The molecule has 1 atom stereocenters. The van der Waals surface area contributed by atoms with E-state index in [1.807, 2.05) is 25.2 Å². The summed E-state index contributed by atoms with van der Waals surface area (Å²) in [6.45, 7) is 1.66. The number of rotatable bonds is 7. The summed E-state index contributed by atoms with van der Waals surface area (Å²) in [6.07, 6.45) is 6.84. The number of benzene rings is 1. The average Bonchev–Trinajstić information content (AvgIpc) is 2.65. The molecule has 0 aromatic heterocycles. The fourth-order valence-electron chi connectivity index (χ4n) is 3.68. The summed E-state index contributed by atoms with van der Waals surface area (Å²) in [5.74, 6) is 2.52. The standard InChI is InChI=1S/C20H34N4O.HI/c1-21-20(22-14-16-9-8-12-18(13-16)25-4)23-15-19(24(2)3)17-10-6-5-7-11-17;/h8-9,12-13,17,19H,5-7,10-11,14-15H2,1-4H3,(H2,21,22,23);1H. The van der Waals surface area contributed by atoms with E-state index in [0.717, 1.165) is 30.7 Å². The Kier molecular flexibility index (Phi) is 11.0. The van der Waals surface area contributed by atoms with Gasteiger partial charge in [0.2, 0.25) is 0 Å². The van der Waals surface area contributed by atoms with Crippen LogP contribution >= 0.6 is 24.0 Å². The number of nitrogens with one attached hydrogen (secondary N) is 2. The molecule has 1 aliphatic carbocycles. The largest absolute Gasteiger partial charge is 0.497 e. The van der Waals surface area contributed by atoms with E-state index < -0.39 is 0 Å². The first-order valence-corrected chi connectivity index (χ1v) is 9.38. The Morgan fingerprint density at radius 1 is 1.23 bits per heavy atom. The number of ether oxygens (including phenoxy) is 1. The lowest BCUT2D eigenvalue weighted by Crippen LogP contribution is -2.48. The van der Waals surface area contributed by atoms with Crippen LogP contribution < -0.4 is 15.4 Å². The molecule has 0 radical (unpaired) electrons. The number of hydrogen-bond donors (Lipinski definition) is 2. The van der Waals surface area contributed by atoms with Crippen molar-refractivity contribution in [1.29, 1.82) is 0 Å². The van der Waals surface area contributed by atoms with Crippen LogP contribution in [0.15, 0.2) is 29.3 Å². The Morgan fingerprint density at radius 2 is 1.96 bits per heavy atom. The van der Waals surface area contributed by atoms with Gasteiger partial charge in [0.15, 0.2) is 5.96 Å². The average molecular weight is 474 g/mol. The van der Waals surface area contributed by atoms with Crippen molar-refractivity contribution < 1.29 is 4.74 Å². The van der Waals surface area contributed by atoms with Gasteiger partial charge >= 0.3 is 0 Å². The summed E-state index contributed by atoms with van der Waals surface area (Å²) < 4.78 is 5.28. The zero-order valence-electron chi connectivity index (χ0n) is 16.6. The Labute approximate surface area is 176 Å². The maximum absolute atomic E-state index is 5.28. The van der Waals surface area contributed by atoms with E-state index in [4.69, 9.17) is 4.74 Å². The molecule has 148 valence electrons. The second-order valence-electron chi connectivity index (χ2n) is 7.09. The summed E-state index contributed by atoms with van der Waals surface area (Å²) in [5, 5.41) is 6.91. The molecule has 2 rings (SSSR count). The van der Waals surface area contributed by atoms with E-state index in [0.29, 0.717) is 6.04 Å². The highest BCUT2D eigenvalue weighted by molar-refractivity contribution is 14.0. The number of hydrogen-bond acceptors (Lipinski definition) is 3. The van der Waals surface area contributed by atoms with Crippen LogP contribution in [0, 0.1) is 5.92 Å². The van der Waals surface area contributed by atoms with E-state index in [-0.39, 0.29) is 24.0 Å². The Morgan fingerprint density at radius 3 is 2.58 bits per heavy atom. The minimum Gasteiger partial charge on any atom is -0.497 e. The minimum absolute atomic E-state index is 0. The molecule has 0 amide bonds. The molecule has 1 aromatic carbocycles. The topological polar surface area (TPSA) is 48.9 Å². The molecular formula is C20H35IN4O. The summed E-state index contributed by atoms with van der Waals surface area (Å²) in [7, 11) is 7.90. The number of guanidine groups is 1. The van der Waals surface area contributed by atoms with Gasteiger partial charge in [-0.2, -0.15) is 0 Å². The van der Waals surface area contributed by atoms with Crippen LogP contribution in [0.3, 0.4) is 0 Å². The first-order chi connectivity index (χ1) is 12.1. The summed E-state index contributed by atoms with van der Waals surface area (Å²) in [4.78, 5) is 6.73. The Balaban J connectivity index is 0.00000338. The van der Waals surface area contributed by atoms with Crippen LogP contribution in [-0.4, -0.2) is 51.7 Å². The van der Waals surface area contributed by atoms with Gasteiger partial charge in [0.05, 0.1) is 7.11 Å². The van der Waals surface area contributed by atoms with Crippen molar-refractivity contribution in [3.05, 3.63) is 29.8 Å². The molecule has 26 heavy (non-hydrogen) atoms. The van der Waals surface area contributed by atoms with E-state index in [1.54, 1.807) is 7.11 Å². The maximum atomic E-state index is 5.28. The highest BCUT2D eigenvalue weighted by atomic mass is 127. The quantitative estimate of drug-likeness (QED) is 0.361. The SMILES string of the molecule is CN=C(NCc1cccc(OC)c1)NCC(C1CCCCC1)N(C)C.I. The second kappa shape index (κ2) is 12.4. The van der Waals surface area contributed by atoms with Gasteiger partial charge in [-0.05, 0) is 50.6 Å². The van der Waals surface area contributed by atoms with Crippen LogP contribution in [0.4, 0.5) is 0 Å². The van der Waals surface area contributed by atoms with Gasteiger partial charge in [0.1, 0.15) is 5.75 Å². The lowest BCUT2D eigenvalue weighted by molar-refractivity contribution is 0.171. The molecule has 0 heterocycles. The van der Waals surface area contributed by atoms with Crippen LogP contribution in [0.1, 0.15) is 37.7 Å². The lowest BCUT2D eigenvalue weighted by atomic mass is 9.83. The van der Waals surface area contributed by atoms with Crippen molar-refractivity contribution in [3.63, 3.8) is 0 Å². The number of aliphatic imine (C=N–C) groups is 1. The van der Waals surface area contributed by atoms with Crippen molar-refractivity contribution in [2.45, 2.75) is 44.7 Å². The highest BCUT2D eigenvalue weighted by Gasteiger charge is 2.25. The number of nitrogens with zero attached hydrogens (tertiary/aromatic N) is 2.